The molecule has 0 spiro atoms. The number of anilines is 1. The van der Waals surface area contributed by atoms with Crippen molar-refractivity contribution in [3.63, 3.8) is 0 Å². The summed E-state index contributed by atoms with van der Waals surface area (Å²) in [6.07, 6.45) is 5.48. The highest BCUT2D eigenvalue weighted by atomic mass is 35.5. The Hall–Kier alpha value is -1.20. The highest BCUT2D eigenvalue weighted by molar-refractivity contribution is 6.30. The van der Waals surface area contributed by atoms with Gasteiger partial charge in [-0.1, -0.05) is 31.9 Å². The number of nitriles is 1. The van der Waals surface area contributed by atoms with E-state index in [4.69, 9.17) is 11.6 Å². The lowest BCUT2D eigenvalue weighted by molar-refractivity contribution is 0.254. The van der Waals surface area contributed by atoms with Gasteiger partial charge in [-0.3, -0.25) is 0 Å². The second kappa shape index (κ2) is 6.50. The number of nitrogens with one attached hydrogen (secondary N) is 1. The van der Waals surface area contributed by atoms with E-state index < -0.39 is 5.54 Å². The van der Waals surface area contributed by atoms with Gasteiger partial charge in [0, 0.05) is 10.7 Å². The fourth-order valence-corrected chi connectivity index (χ4v) is 3.44. The van der Waals surface area contributed by atoms with Crippen LogP contribution in [-0.4, -0.2) is 5.54 Å². The van der Waals surface area contributed by atoms with Crippen molar-refractivity contribution in [1.82, 2.24) is 0 Å². The summed E-state index contributed by atoms with van der Waals surface area (Å²) in [5.41, 5.74) is 0.576. The van der Waals surface area contributed by atoms with Gasteiger partial charge in [0.15, 0.2) is 0 Å². The fourth-order valence-electron chi connectivity index (χ4n) is 3.31. The van der Waals surface area contributed by atoms with E-state index in [0.29, 0.717) is 11.8 Å². The van der Waals surface area contributed by atoms with Crippen molar-refractivity contribution < 1.29 is 0 Å². The standard InChI is InChI=1S/C17H23ClN2/c1-13(2)10-14-4-3-9-17(11-14,12-19)20-16-7-5-15(18)6-8-16/h5-8,13-14,20H,3-4,9-11H2,1-2H3. The molecule has 0 aromatic heterocycles. The van der Waals surface area contributed by atoms with Gasteiger partial charge in [0.05, 0.1) is 6.07 Å². The normalized spacial score (nSPS) is 26.2. The monoisotopic (exact) mass is 290 g/mol. The van der Waals surface area contributed by atoms with Crippen LogP contribution in [0.4, 0.5) is 5.69 Å². The molecule has 1 aliphatic carbocycles. The molecule has 0 radical (unpaired) electrons. The zero-order chi connectivity index (χ0) is 14.6. The molecule has 1 aliphatic rings. The van der Waals surface area contributed by atoms with Crippen molar-refractivity contribution in [3.8, 4) is 6.07 Å². The van der Waals surface area contributed by atoms with Crippen LogP contribution in [0.25, 0.3) is 0 Å². The van der Waals surface area contributed by atoms with Crippen molar-refractivity contribution in [1.29, 1.82) is 5.26 Å². The van der Waals surface area contributed by atoms with Gasteiger partial charge in [0.1, 0.15) is 5.54 Å². The number of benzene rings is 1. The summed E-state index contributed by atoms with van der Waals surface area (Å²) < 4.78 is 0. The van der Waals surface area contributed by atoms with Gasteiger partial charge in [0.2, 0.25) is 0 Å². The molecular formula is C17H23ClN2. The third-order valence-corrected chi connectivity index (χ3v) is 4.35. The molecule has 1 saturated carbocycles. The van der Waals surface area contributed by atoms with Crippen LogP contribution in [-0.2, 0) is 0 Å². The highest BCUT2D eigenvalue weighted by Crippen LogP contribution is 2.37. The van der Waals surface area contributed by atoms with Crippen LogP contribution in [0, 0.1) is 23.2 Å². The summed E-state index contributed by atoms with van der Waals surface area (Å²) in [4.78, 5) is 0. The van der Waals surface area contributed by atoms with Gasteiger partial charge in [-0.2, -0.15) is 5.26 Å². The molecule has 1 fully saturated rings. The topological polar surface area (TPSA) is 35.8 Å². The zero-order valence-corrected chi connectivity index (χ0v) is 13.1. The average molecular weight is 291 g/mol. The first-order valence-corrected chi connectivity index (χ1v) is 7.86. The Morgan fingerprint density at radius 1 is 1.40 bits per heavy atom. The lowest BCUT2D eigenvalue weighted by atomic mass is 9.73. The van der Waals surface area contributed by atoms with Gasteiger partial charge in [-0.25, -0.2) is 0 Å². The molecular weight excluding hydrogens is 268 g/mol. The Morgan fingerprint density at radius 2 is 2.10 bits per heavy atom. The largest absolute Gasteiger partial charge is 0.367 e. The summed E-state index contributed by atoms with van der Waals surface area (Å²) in [5, 5.41) is 13.9. The summed E-state index contributed by atoms with van der Waals surface area (Å²) in [6.45, 7) is 4.52. The van der Waals surface area contributed by atoms with E-state index in [1.54, 1.807) is 0 Å². The Balaban J connectivity index is 2.08. The number of hydrogen-bond acceptors (Lipinski definition) is 2. The number of rotatable bonds is 4. The first-order chi connectivity index (χ1) is 9.53. The molecule has 2 unspecified atom stereocenters. The van der Waals surface area contributed by atoms with E-state index in [9.17, 15) is 5.26 Å². The molecule has 0 aliphatic heterocycles. The second-order valence-electron chi connectivity index (χ2n) is 6.42. The minimum absolute atomic E-state index is 0.411. The molecule has 2 atom stereocenters. The summed E-state index contributed by atoms with van der Waals surface area (Å²) in [6, 6.07) is 10.2. The van der Waals surface area contributed by atoms with Crippen molar-refractivity contribution in [2.75, 3.05) is 5.32 Å². The summed E-state index contributed by atoms with van der Waals surface area (Å²) in [7, 11) is 0. The maximum Gasteiger partial charge on any atom is 0.125 e. The lowest BCUT2D eigenvalue weighted by Crippen LogP contribution is -2.41. The van der Waals surface area contributed by atoms with E-state index >= 15 is 0 Å². The molecule has 0 amide bonds. The molecule has 108 valence electrons. The van der Waals surface area contributed by atoms with Crippen molar-refractivity contribution in [2.24, 2.45) is 11.8 Å². The number of halogens is 1. The first kappa shape index (κ1) is 15.2. The molecule has 1 aromatic carbocycles. The van der Waals surface area contributed by atoms with Crippen LogP contribution in [0.15, 0.2) is 24.3 Å². The minimum Gasteiger partial charge on any atom is -0.367 e. The molecule has 1 N–H and O–H groups in total. The molecule has 0 bridgehead atoms. The van der Waals surface area contributed by atoms with Crippen LogP contribution >= 0.6 is 11.6 Å². The maximum absolute atomic E-state index is 9.67. The van der Waals surface area contributed by atoms with Crippen LogP contribution in [0.3, 0.4) is 0 Å². The van der Waals surface area contributed by atoms with Gasteiger partial charge < -0.3 is 5.32 Å². The molecule has 2 nitrogen and oxygen atoms in total. The first-order valence-electron chi connectivity index (χ1n) is 7.48. The zero-order valence-electron chi connectivity index (χ0n) is 12.3. The third-order valence-electron chi connectivity index (χ3n) is 4.10. The van der Waals surface area contributed by atoms with Gasteiger partial charge in [0.25, 0.3) is 0 Å². The molecule has 3 heteroatoms. The van der Waals surface area contributed by atoms with Crippen molar-refractivity contribution in [3.05, 3.63) is 29.3 Å². The smallest absolute Gasteiger partial charge is 0.125 e. The Labute approximate surface area is 127 Å². The second-order valence-corrected chi connectivity index (χ2v) is 6.85. The number of hydrogen-bond donors (Lipinski definition) is 1. The Morgan fingerprint density at radius 3 is 2.70 bits per heavy atom. The Bertz CT molecular complexity index is 475. The fraction of sp³-hybridized carbons (Fsp3) is 0.588. The van der Waals surface area contributed by atoms with Crippen LogP contribution in [0.1, 0.15) is 46.0 Å². The van der Waals surface area contributed by atoms with Gasteiger partial charge >= 0.3 is 0 Å². The summed E-state index contributed by atoms with van der Waals surface area (Å²) in [5.74, 6) is 1.35. The van der Waals surface area contributed by atoms with E-state index in [0.717, 1.165) is 30.0 Å². The van der Waals surface area contributed by atoms with E-state index in [2.05, 4.69) is 25.2 Å². The minimum atomic E-state index is -0.411. The molecule has 1 aromatic rings. The predicted molar refractivity (Wildman–Crippen MR) is 84.8 cm³/mol. The SMILES string of the molecule is CC(C)CC1CCCC(C#N)(Nc2ccc(Cl)cc2)C1. The molecule has 2 rings (SSSR count). The van der Waals surface area contributed by atoms with E-state index in [-0.39, 0.29) is 0 Å². The molecule has 20 heavy (non-hydrogen) atoms. The lowest BCUT2D eigenvalue weighted by Gasteiger charge is -2.37. The van der Waals surface area contributed by atoms with Crippen molar-refractivity contribution >= 4 is 17.3 Å². The van der Waals surface area contributed by atoms with Crippen LogP contribution in [0.2, 0.25) is 5.02 Å². The molecule has 0 heterocycles. The van der Waals surface area contributed by atoms with Gasteiger partial charge in [-0.15, -0.1) is 0 Å². The summed E-state index contributed by atoms with van der Waals surface area (Å²) >= 11 is 5.91. The average Bonchev–Trinajstić information content (AvgIpc) is 2.41. The van der Waals surface area contributed by atoms with Crippen molar-refractivity contribution in [2.45, 2.75) is 51.5 Å². The van der Waals surface area contributed by atoms with E-state index in [1.807, 2.05) is 24.3 Å². The highest BCUT2D eigenvalue weighted by Gasteiger charge is 2.36. The number of nitrogens with zero attached hydrogens (tertiary/aromatic N) is 1. The Kier molecular flexibility index (Phi) is 4.94. The van der Waals surface area contributed by atoms with Crippen LogP contribution < -0.4 is 5.32 Å². The maximum atomic E-state index is 9.67. The molecule has 0 saturated heterocycles. The van der Waals surface area contributed by atoms with E-state index in [1.165, 1.54) is 12.8 Å². The van der Waals surface area contributed by atoms with Crippen LogP contribution in [0.5, 0.6) is 0 Å². The van der Waals surface area contributed by atoms with Gasteiger partial charge in [-0.05, 0) is 61.8 Å². The third kappa shape index (κ3) is 3.90. The predicted octanol–water partition coefficient (Wildman–Crippen LogP) is 5.25. The quantitative estimate of drug-likeness (QED) is 0.822.